The van der Waals surface area contributed by atoms with Crippen molar-refractivity contribution in [2.45, 2.75) is 31.7 Å². The fourth-order valence-corrected chi connectivity index (χ4v) is 2.17. The van der Waals surface area contributed by atoms with Gasteiger partial charge in [0.1, 0.15) is 0 Å². The third-order valence-corrected chi connectivity index (χ3v) is 3.55. The summed E-state index contributed by atoms with van der Waals surface area (Å²) in [6.45, 7) is 0.621. The molecule has 0 spiro atoms. The van der Waals surface area contributed by atoms with Crippen molar-refractivity contribution in [3.05, 3.63) is 35.4 Å². The van der Waals surface area contributed by atoms with E-state index >= 15 is 0 Å². The van der Waals surface area contributed by atoms with Gasteiger partial charge in [0.2, 0.25) is 0 Å². The smallest absolute Gasteiger partial charge is 0.253 e. The van der Waals surface area contributed by atoms with Gasteiger partial charge in [0.15, 0.2) is 0 Å². The Kier molecular flexibility index (Phi) is 3.79. The predicted octanol–water partition coefficient (Wildman–Crippen LogP) is 1.81. The van der Waals surface area contributed by atoms with Gasteiger partial charge in [-0.25, -0.2) is 0 Å². The molecular weight excluding hydrogens is 212 g/mol. The van der Waals surface area contributed by atoms with E-state index in [1.807, 2.05) is 36.2 Å². The Hall–Kier alpha value is -1.35. The van der Waals surface area contributed by atoms with Gasteiger partial charge in [-0.2, -0.15) is 0 Å². The molecule has 92 valence electrons. The van der Waals surface area contributed by atoms with Gasteiger partial charge in [0.05, 0.1) is 0 Å². The molecule has 0 unspecified atom stereocenters. The molecule has 1 aromatic rings. The first-order valence-corrected chi connectivity index (χ1v) is 6.28. The zero-order valence-electron chi connectivity index (χ0n) is 10.4. The van der Waals surface area contributed by atoms with Crippen LogP contribution in [0.2, 0.25) is 0 Å². The van der Waals surface area contributed by atoms with E-state index < -0.39 is 0 Å². The van der Waals surface area contributed by atoms with E-state index in [2.05, 4.69) is 0 Å². The molecule has 1 fully saturated rings. The highest BCUT2D eigenvalue weighted by atomic mass is 16.2. The standard InChI is InChI=1S/C14H20N2O/c1-16(13-6-3-7-13)14(17)12-5-2-4-11(10-12)8-9-15/h2,4-5,10,13H,3,6-9,15H2,1H3. The number of carbonyl (C=O) groups is 1. The summed E-state index contributed by atoms with van der Waals surface area (Å²) >= 11 is 0. The Morgan fingerprint density at radius 3 is 2.82 bits per heavy atom. The average Bonchev–Trinajstić information content (AvgIpc) is 2.26. The summed E-state index contributed by atoms with van der Waals surface area (Å²) < 4.78 is 0. The second kappa shape index (κ2) is 5.32. The molecule has 1 amide bonds. The van der Waals surface area contributed by atoms with Gasteiger partial charge in [-0.15, -0.1) is 0 Å². The number of amides is 1. The maximum Gasteiger partial charge on any atom is 0.253 e. The summed E-state index contributed by atoms with van der Waals surface area (Å²) in [6, 6.07) is 8.25. The minimum absolute atomic E-state index is 0.133. The van der Waals surface area contributed by atoms with Crippen LogP contribution in [0.1, 0.15) is 35.2 Å². The second-order valence-corrected chi connectivity index (χ2v) is 4.74. The maximum atomic E-state index is 12.2. The van der Waals surface area contributed by atoms with Crippen LogP contribution >= 0.6 is 0 Å². The van der Waals surface area contributed by atoms with Crippen molar-refractivity contribution in [1.29, 1.82) is 0 Å². The number of nitrogens with zero attached hydrogens (tertiary/aromatic N) is 1. The molecule has 3 nitrogen and oxygen atoms in total. The lowest BCUT2D eigenvalue weighted by molar-refractivity contribution is 0.0652. The van der Waals surface area contributed by atoms with Crippen molar-refractivity contribution in [1.82, 2.24) is 4.90 Å². The van der Waals surface area contributed by atoms with Crippen molar-refractivity contribution < 1.29 is 4.79 Å². The van der Waals surface area contributed by atoms with E-state index in [9.17, 15) is 4.79 Å². The molecule has 0 atom stereocenters. The van der Waals surface area contributed by atoms with Gasteiger partial charge in [-0.1, -0.05) is 12.1 Å². The number of hydrogen-bond donors (Lipinski definition) is 1. The van der Waals surface area contributed by atoms with Gasteiger partial charge < -0.3 is 10.6 Å². The molecule has 1 aliphatic carbocycles. The molecule has 2 rings (SSSR count). The van der Waals surface area contributed by atoms with Crippen LogP contribution in [0.15, 0.2) is 24.3 Å². The summed E-state index contributed by atoms with van der Waals surface area (Å²) in [7, 11) is 1.90. The van der Waals surface area contributed by atoms with E-state index in [0.717, 1.165) is 30.4 Å². The SMILES string of the molecule is CN(C(=O)c1cccc(CCN)c1)C1CCC1. The molecule has 1 saturated carbocycles. The highest BCUT2D eigenvalue weighted by Crippen LogP contribution is 2.24. The highest BCUT2D eigenvalue weighted by Gasteiger charge is 2.26. The van der Waals surface area contributed by atoms with Crippen molar-refractivity contribution in [3.8, 4) is 0 Å². The molecule has 0 aromatic heterocycles. The van der Waals surface area contributed by atoms with Crippen molar-refractivity contribution in [2.75, 3.05) is 13.6 Å². The molecule has 2 N–H and O–H groups in total. The number of rotatable bonds is 4. The van der Waals surface area contributed by atoms with E-state index in [1.165, 1.54) is 6.42 Å². The van der Waals surface area contributed by atoms with Crippen LogP contribution in [0.4, 0.5) is 0 Å². The Balaban J connectivity index is 2.09. The fraction of sp³-hybridized carbons (Fsp3) is 0.500. The van der Waals surface area contributed by atoms with Gasteiger partial charge in [0.25, 0.3) is 5.91 Å². The summed E-state index contributed by atoms with van der Waals surface area (Å²) in [5.41, 5.74) is 7.45. The van der Waals surface area contributed by atoms with E-state index in [-0.39, 0.29) is 5.91 Å². The third kappa shape index (κ3) is 2.67. The first kappa shape index (κ1) is 12.1. The average molecular weight is 232 g/mol. The molecule has 0 saturated heterocycles. The topological polar surface area (TPSA) is 46.3 Å². The summed E-state index contributed by atoms with van der Waals surface area (Å²) in [4.78, 5) is 14.1. The Morgan fingerprint density at radius 2 is 2.24 bits per heavy atom. The van der Waals surface area contributed by atoms with Gasteiger partial charge >= 0.3 is 0 Å². The third-order valence-electron chi connectivity index (χ3n) is 3.55. The van der Waals surface area contributed by atoms with Gasteiger partial charge in [0, 0.05) is 18.7 Å². The highest BCUT2D eigenvalue weighted by molar-refractivity contribution is 5.94. The Labute approximate surface area is 103 Å². The molecule has 1 aliphatic rings. The first-order valence-electron chi connectivity index (χ1n) is 6.28. The van der Waals surface area contributed by atoms with Crippen LogP contribution in [0.5, 0.6) is 0 Å². The Morgan fingerprint density at radius 1 is 1.47 bits per heavy atom. The Bertz CT molecular complexity index is 399. The number of nitrogens with two attached hydrogens (primary N) is 1. The zero-order valence-corrected chi connectivity index (χ0v) is 10.4. The number of benzene rings is 1. The summed E-state index contributed by atoms with van der Waals surface area (Å²) in [5.74, 6) is 0.133. The van der Waals surface area contributed by atoms with Crippen LogP contribution in [0.3, 0.4) is 0 Å². The monoisotopic (exact) mass is 232 g/mol. The molecule has 17 heavy (non-hydrogen) atoms. The largest absolute Gasteiger partial charge is 0.339 e. The molecule has 0 heterocycles. The second-order valence-electron chi connectivity index (χ2n) is 4.74. The molecule has 0 aliphatic heterocycles. The quantitative estimate of drug-likeness (QED) is 0.860. The first-order chi connectivity index (χ1) is 8.22. The molecular formula is C14H20N2O. The van der Waals surface area contributed by atoms with Crippen LogP contribution < -0.4 is 5.73 Å². The molecule has 0 radical (unpaired) electrons. The molecule has 3 heteroatoms. The van der Waals surface area contributed by atoms with E-state index in [1.54, 1.807) is 0 Å². The maximum absolute atomic E-state index is 12.2. The van der Waals surface area contributed by atoms with Crippen molar-refractivity contribution in [2.24, 2.45) is 5.73 Å². The minimum Gasteiger partial charge on any atom is -0.339 e. The lowest BCUT2D eigenvalue weighted by atomic mass is 9.91. The van der Waals surface area contributed by atoms with Gasteiger partial charge in [-0.05, 0) is 49.9 Å². The summed E-state index contributed by atoms with van der Waals surface area (Å²) in [6.07, 6.45) is 4.36. The van der Waals surface area contributed by atoms with E-state index in [4.69, 9.17) is 5.73 Å². The lowest BCUT2D eigenvalue weighted by Crippen LogP contribution is -2.41. The van der Waals surface area contributed by atoms with E-state index in [0.29, 0.717) is 12.6 Å². The van der Waals surface area contributed by atoms with Crippen molar-refractivity contribution in [3.63, 3.8) is 0 Å². The zero-order chi connectivity index (χ0) is 12.3. The van der Waals surface area contributed by atoms with Crippen molar-refractivity contribution >= 4 is 5.91 Å². The normalized spacial score (nSPS) is 15.4. The minimum atomic E-state index is 0.133. The summed E-state index contributed by atoms with van der Waals surface area (Å²) in [5, 5.41) is 0. The fourth-order valence-electron chi connectivity index (χ4n) is 2.17. The van der Waals surface area contributed by atoms with Crippen LogP contribution in [-0.2, 0) is 6.42 Å². The lowest BCUT2D eigenvalue weighted by Gasteiger charge is -2.34. The van der Waals surface area contributed by atoms with Crippen LogP contribution in [-0.4, -0.2) is 30.4 Å². The molecule has 0 bridgehead atoms. The predicted molar refractivity (Wildman–Crippen MR) is 68.9 cm³/mol. The molecule has 1 aromatic carbocycles. The number of hydrogen-bond acceptors (Lipinski definition) is 2. The number of carbonyl (C=O) groups excluding carboxylic acids is 1. The van der Waals surface area contributed by atoms with Gasteiger partial charge in [-0.3, -0.25) is 4.79 Å². The van der Waals surface area contributed by atoms with Crippen LogP contribution in [0, 0.1) is 0 Å². The van der Waals surface area contributed by atoms with Crippen LogP contribution in [0.25, 0.3) is 0 Å².